The van der Waals surface area contributed by atoms with Gasteiger partial charge in [0.25, 0.3) is 11.1 Å². The third-order valence-corrected chi connectivity index (χ3v) is 6.51. The van der Waals surface area contributed by atoms with Crippen molar-refractivity contribution in [1.29, 1.82) is 0 Å². The predicted octanol–water partition coefficient (Wildman–Crippen LogP) is 2.24. The highest BCUT2D eigenvalue weighted by Gasteiger charge is 2.41. The van der Waals surface area contributed by atoms with Gasteiger partial charge in [0, 0.05) is 0 Å². The highest BCUT2D eigenvalue weighted by Crippen LogP contribution is 2.37. The number of imide groups is 1. The Hall–Kier alpha value is -2.34. The van der Waals surface area contributed by atoms with Gasteiger partial charge in [-0.25, -0.2) is 23.4 Å². The minimum atomic E-state index is -3.79. The van der Waals surface area contributed by atoms with Gasteiger partial charge in [-0.3, -0.25) is 9.59 Å². The number of carbonyl (C=O) groups excluding carboxylic acids is 2. The number of hydrogen-bond donors (Lipinski definition) is 2. The molecule has 0 bridgehead atoms. The van der Waals surface area contributed by atoms with E-state index in [9.17, 15) is 18.0 Å². The van der Waals surface area contributed by atoms with E-state index in [1.807, 2.05) is 0 Å². The van der Waals surface area contributed by atoms with Gasteiger partial charge in [0.2, 0.25) is 10.0 Å². The summed E-state index contributed by atoms with van der Waals surface area (Å²) >= 11 is 1.82. The van der Waals surface area contributed by atoms with Crippen LogP contribution in [0.2, 0.25) is 0 Å². The van der Waals surface area contributed by atoms with Crippen molar-refractivity contribution in [2.75, 3.05) is 4.90 Å². The highest BCUT2D eigenvalue weighted by molar-refractivity contribution is 8.31. The molecule has 2 amide bonds. The quantitative estimate of drug-likeness (QED) is 0.569. The van der Waals surface area contributed by atoms with Crippen molar-refractivity contribution in [2.45, 2.75) is 9.48 Å². The number of hydrogen-bond acceptors (Lipinski definition) is 7. The molecule has 0 aliphatic carbocycles. The van der Waals surface area contributed by atoms with Gasteiger partial charge in [0.1, 0.15) is 4.58 Å². The van der Waals surface area contributed by atoms with Crippen molar-refractivity contribution in [1.82, 2.24) is 0 Å². The van der Waals surface area contributed by atoms with Crippen LogP contribution in [0.3, 0.4) is 0 Å². The fraction of sp³-hybridized carbons (Fsp3) is 0.0625. The number of primary sulfonamides is 1. The Labute approximate surface area is 164 Å². The molecule has 1 fully saturated rings. The number of amides is 2. The molecule has 1 heterocycles. The largest absolute Gasteiger partial charge is 0.378 e. The van der Waals surface area contributed by atoms with Crippen molar-refractivity contribution in [3.63, 3.8) is 0 Å². The number of benzene rings is 2. The van der Waals surface area contributed by atoms with Crippen molar-refractivity contribution >= 4 is 61.2 Å². The first-order valence-corrected chi connectivity index (χ1v) is 10.8. The molecule has 1 aliphatic rings. The van der Waals surface area contributed by atoms with Crippen LogP contribution >= 0.6 is 23.5 Å². The lowest BCUT2D eigenvalue weighted by molar-refractivity contribution is -0.115. The molecule has 0 spiro atoms. The summed E-state index contributed by atoms with van der Waals surface area (Å²) in [6.45, 7) is 0. The topological polar surface area (TPSA) is 136 Å². The molecule has 140 valence electrons. The van der Waals surface area contributed by atoms with E-state index in [0.717, 1.165) is 28.4 Å². The molecule has 1 atom stereocenters. The zero-order chi connectivity index (χ0) is 19.6. The molecule has 1 saturated heterocycles. The van der Waals surface area contributed by atoms with Crippen LogP contribution in [-0.2, 0) is 14.8 Å². The maximum Gasteiger partial charge on any atom is 0.294 e. The molecule has 2 aromatic rings. The van der Waals surface area contributed by atoms with Crippen molar-refractivity contribution in [3.8, 4) is 0 Å². The zero-order valence-corrected chi connectivity index (χ0v) is 16.1. The molecule has 0 aromatic heterocycles. The molecule has 4 N–H and O–H groups in total. The summed E-state index contributed by atoms with van der Waals surface area (Å²) in [6, 6.07) is 14.1. The van der Waals surface area contributed by atoms with Crippen molar-refractivity contribution in [3.05, 3.63) is 54.6 Å². The van der Waals surface area contributed by atoms with Crippen LogP contribution in [0.5, 0.6) is 0 Å². The number of nitrogens with two attached hydrogens (primary N) is 2. The van der Waals surface area contributed by atoms with E-state index in [0.29, 0.717) is 11.4 Å². The summed E-state index contributed by atoms with van der Waals surface area (Å²) in [5, 5.41) is 4.73. The maximum atomic E-state index is 12.5. The SMILES string of the molecule is NC(=Nc1ccc(S(N)(=O)=O)cc1)SC1SC(=O)N(c2ccccc2)C1=O. The van der Waals surface area contributed by atoms with E-state index in [1.54, 1.807) is 30.3 Å². The first-order valence-electron chi connectivity index (χ1n) is 7.49. The van der Waals surface area contributed by atoms with E-state index < -0.39 is 14.6 Å². The van der Waals surface area contributed by atoms with E-state index in [4.69, 9.17) is 10.9 Å². The fourth-order valence-electron chi connectivity index (χ4n) is 2.25. The molecular formula is C16H14N4O4S3. The van der Waals surface area contributed by atoms with Gasteiger partial charge in [-0.15, -0.1) is 0 Å². The first-order chi connectivity index (χ1) is 12.8. The van der Waals surface area contributed by atoms with Crippen LogP contribution in [0.1, 0.15) is 0 Å². The summed E-state index contributed by atoms with van der Waals surface area (Å²) < 4.78 is 21.7. The lowest BCUT2D eigenvalue weighted by Crippen LogP contribution is -2.31. The summed E-state index contributed by atoms with van der Waals surface area (Å²) in [4.78, 5) is 29.9. The van der Waals surface area contributed by atoms with Gasteiger partial charge >= 0.3 is 0 Å². The van der Waals surface area contributed by atoms with Crippen molar-refractivity contribution < 1.29 is 18.0 Å². The summed E-state index contributed by atoms with van der Waals surface area (Å²) in [5.41, 5.74) is 6.77. The van der Waals surface area contributed by atoms with Gasteiger partial charge in [-0.2, -0.15) is 0 Å². The Balaban J connectivity index is 1.72. The molecule has 8 nitrogen and oxygen atoms in total. The Morgan fingerprint density at radius 1 is 1.07 bits per heavy atom. The molecule has 3 rings (SSSR count). The number of anilines is 1. The smallest absolute Gasteiger partial charge is 0.294 e. The minimum absolute atomic E-state index is 0.0432. The number of aliphatic imine (C=N–C) groups is 1. The van der Waals surface area contributed by atoms with Gasteiger partial charge < -0.3 is 5.73 Å². The Morgan fingerprint density at radius 3 is 2.30 bits per heavy atom. The number of thioether (sulfide) groups is 2. The summed E-state index contributed by atoms with van der Waals surface area (Å²) in [7, 11) is -3.79. The van der Waals surface area contributed by atoms with Gasteiger partial charge in [0.05, 0.1) is 16.3 Å². The number of sulfonamides is 1. The van der Waals surface area contributed by atoms with Crippen LogP contribution in [0, 0.1) is 0 Å². The molecule has 0 radical (unpaired) electrons. The Bertz CT molecular complexity index is 1010. The standard InChI is InChI=1S/C16H14N4O4S3/c17-15(19-10-6-8-12(9-7-10)27(18,23)24)25-14-13(21)20(16(22)26-14)11-4-2-1-3-5-11/h1-9,14H,(H2,17,19)(H2,18,23,24). The lowest BCUT2D eigenvalue weighted by Gasteiger charge is -2.13. The number of nitrogens with zero attached hydrogens (tertiary/aromatic N) is 2. The number of rotatable bonds is 4. The normalized spacial score (nSPS) is 18.2. The van der Waals surface area contributed by atoms with Crippen molar-refractivity contribution in [2.24, 2.45) is 15.9 Å². The van der Waals surface area contributed by atoms with Gasteiger partial charge in [-0.1, -0.05) is 30.0 Å². The van der Waals surface area contributed by atoms with E-state index in [-0.39, 0.29) is 21.2 Å². The Kier molecular flexibility index (Phi) is 5.56. The second-order valence-electron chi connectivity index (χ2n) is 5.33. The zero-order valence-electron chi connectivity index (χ0n) is 13.7. The van der Waals surface area contributed by atoms with Crippen LogP contribution in [0.15, 0.2) is 64.5 Å². The van der Waals surface area contributed by atoms with Gasteiger partial charge in [-0.05, 0) is 48.2 Å². The molecule has 27 heavy (non-hydrogen) atoms. The number of para-hydroxylation sites is 1. The predicted molar refractivity (Wildman–Crippen MR) is 107 cm³/mol. The van der Waals surface area contributed by atoms with Crippen LogP contribution in [0.4, 0.5) is 16.2 Å². The van der Waals surface area contributed by atoms with E-state index in [2.05, 4.69) is 4.99 Å². The average molecular weight is 423 g/mol. The second-order valence-corrected chi connectivity index (χ2v) is 9.37. The molecular weight excluding hydrogens is 408 g/mol. The molecule has 0 saturated carbocycles. The van der Waals surface area contributed by atoms with Crippen LogP contribution in [0.25, 0.3) is 0 Å². The maximum absolute atomic E-state index is 12.5. The molecule has 1 aliphatic heterocycles. The number of amidine groups is 1. The second kappa shape index (κ2) is 7.72. The summed E-state index contributed by atoms with van der Waals surface area (Å²) in [6.07, 6.45) is 0. The molecule has 11 heteroatoms. The number of carbonyl (C=O) groups is 2. The monoisotopic (exact) mass is 422 g/mol. The minimum Gasteiger partial charge on any atom is -0.378 e. The van der Waals surface area contributed by atoms with Gasteiger partial charge in [0.15, 0.2) is 5.17 Å². The Morgan fingerprint density at radius 2 is 1.70 bits per heavy atom. The van der Waals surface area contributed by atoms with E-state index >= 15 is 0 Å². The van der Waals surface area contributed by atoms with Crippen LogP contribution in [-0.4, -0.2) is 29.3 Å². The third-order valence-electron chi connectivity index (χ3n) is 3.46. The highest BCUT2D eigenvalue weighted by atomic mass is 32.2. The lowest BCUT2D eigenvalue weighted by atomic mass is 10.3. The average Bonchev–Trinajstić information content (AvgIpc) is 2.88. The first kappa shape index (κ1) is 19.4. The third kappa shape index (κ3) is 4.50. The fourth-order valence-corrected chi connectivity index (χ4v) is 4.77. The van der Waals surface area contributed by atoms with E-state index in [1.165, 1.54) is 24.3 Å². The van der Waals surface area contributed by atoms with Crippen LogP contribution < -0.4 is 15.8 Å². The molecule has 1 unspecified atom stereocenters. The molecule has 2 aromatic carbocycles. The summed E-state index contributed by atoms with van der Waals surface area (Å²) in [5.74, 6) is -0.385.